The molecule has 0 aliphatic heterocycles. The molecule has 5 nitrogen and oxygen atoms in total. The molecule has 2 N–H and O–H groups in total. The Morgan fingerprint density at radius 3 is 2.90 bits per heavy atom. The van der Waals surface area contributed by atoms with Crippen molar-refractivity contribution < 1.29 is 5.11 Å². The van der Waals surface area contributed by atoms with E-state index in [2.05, 4.69) is 22.2 Å². The van der Waals surface area contributed by atoms with Crippen LogP contribution in [0, 0.1) is 0 Å². The average molecular weight is 299 g/mol. The maximum absolute atomic E-state index is 10.2. The Morgan fingerprint density at radius 1 is 1.45 bits per heavy atom. The van der Waals surface area contributed by atoms with Crippen molar-refractivity contribution in [2.24, 2.45) is 0 Å². The highest BCUT2D eigenvalue weighted by molar-refractivity contribution is 6.32. The molecule has 2 unspecified atom stereocenters. The summed E-state index contributed by atoms with van der Waals surface area (Å²) in [6.07, 6.45) is 6.36. The molecule has 1 aliphatic carbocycles. The third kappa shape index (κ3) is 3.52. The minimum Gasteiger partial charge on any atom is -0.391 e. The molecule has 112 valence electrons. The van der Waals surface area contributed by atoms with Crippen LogP contribution >= 0.6 is 11.6 Å². The van der Waals surface area contributed by atoms with Gasteiger partial charge in [-0.15, -0.1) is 0 Å². The Hall–Kier alpha value is -1.07. The number of anilines is 2. The number of aliphatic hydroxyl groups excluding tert-OH is 1. The van der Waals surface area contributed by atoms with E-state index in [-0.39, 0.29) is 12.1 Å². The monoisotopic (exact) mass is 298 g/mol. The van der Waals surface area contributed by atoms with Gasteiger partial charge < -0.3 is 15.3 Å². The molecule has 0 radical (unpaired) electrons. The maximum atomic E-state index is 10.2. The third-order valence-corrected chi connectivity index (χ3v) is 4.05. The van der Waals surface area contributed by atoms with Crippen molar-refractivity contribution in [3.63, 3.8) is 0 Å². The molecular weight excluding hydrogens is 276 g/mol. The van der Waals surface area contributed by atoms with Gasteiger partial charge in [-0.05, 0) is 19.3 Å². The first kappa shape index (κ1) is 15.3. The molecule has 1 fully saturated rings. The molecule has 1 aliphatic rings. The van der Waals surface area contributed by atoms with E-state index in [1.807, 2.05) is 11.9 Å². The first-order valence-electron chi connectivity index (χ1n) is 7.30. The third-order valence-electron chi connectivity index (χ3n) is 3.78. The van der Waals surface area contributed by atoms with Crippen LogP contribution in [0.3, 0.4) is 0 Å². The van der Waals surface area contributed by atoms with Gasteiger partial charge in [-0.2, -0.15) is 4.98 Å². The van der Waals surface area contributed by atoms with Gasteiger partial charge in [0.15, 0.2) is 5.82 Å². The fourth-order valence-electron chi connectivity index (χ4n) is 2.63. The largest absolute Gasteiger partial charge is 0.391 e. The zero-order valence-electron chi connectivity index (χ0n) is 12.1. The SMILES string of the molecule is CCCNc1ncc(Cl)c(N(C)C2CCCCC2O)n1. The molecule has 0 spiro atoms. The summed E-state index contributed by atoms with van der Waals surface area (Å²) in [6.45, 7) is 2.92. The summed E-state index contributed by atoms with van der Waals surface area (Å²) >= 11 is 6.22. The van der Waals surface area contributed by atoms with Crippen LogP contribution in [0.25, 0.3) is 0 Å². The molecule has 1 heterocycles. The van der Waals surface area contributed by atoms with E-state index in [9.17, 15) is 5.11 Å². The number of aliphatic hydroxyl groups is 1. The summed E-state index contributed by atoms with van der Waals surface area (Å²) in [6, 6.07) is 0.0789. The van der Waals surface area contributed by atoms with Gasteiger partial charge in [0.05, 0.1) is 18.3 Å². The highest BCUT2D eigenvalue weighted by atomic mass is 35.5. The number of halogens is 1. The van der Waals surface area contributed by atoms with E-state index < -0.39 is 0 Å². The van der Waals surface area contributed by atoms with Crippen LogP contribution in [-0.4, -0.2) is 40.8 Å². The highest BCUT2D eigenvalue weighted by Gasteiger charge is 2.28. The maximum Gasteiger partial charge on any atom is 0.224 e. The fraction of sp³-hybridized carbons (Fsp3) is 0.714. The molecule has 1 aromatic rings. The van der Waals surface area contributed by atoms with E-state index in [0.29, 0.717) is 16.8 Å². The Kier molecular flexibility index (Phi) is 5.43. The molecule has 2 atom stereocenters. The van der Waals surface area contributed by atoms with Crippen molar-refractivity contribution in [1.82, 2.24) is 9.97 Å². The summed E-state index contributed by atoms with van der Waals surface area (Å²) in [5.41, 5.74) is 0. The van der Waals surface area contributed by atoms with Gasteiger partial charge in [0.25, 0.3) is 0 Å². The Balaban J connectivity index is 2.16. The second-order valence-electron chi connectivity index (χ2n) is 5.32. The summed E-state index contributed by atoms with van der Waals surface area (Å²) < 4.78 is 0. The first-order valence-corrected chi connectivity index (χ1v) is 7.68. The lowest BCUT2D eigenvalue weighted by molar-refractivity contribution is 0.106. The minimum atomic E-state index is -0.313. The normalized spacial score (nSPS) is 22.6. The smallest absolute Gasteiger partial charge is 0.224 e. The van der Waals surface area contributed by atoms with Gasteiger partial charge in [0, 0.05) is 13.6 Å². The Morgan fingerprint density at radius 2 is 2.20 bits per heavy atom. The van der Waals surface area contributed by atoms with Crippen LogP contribution < -0.4 is 10.2 Å². The quantitative estimate of drug-likeness (QED) is 0.875. The Bertz CT molecular complexity index is 443. The Labute approximate surface area is 125 Å². The van der Waals surface area contributed by atoms with Crippen molar-refractivity contribution in [1.29, 1.82) is 0 Å². The van der Waals surface area contributed by atoms with Crippen LogP contribution in [0.15, 0.2) is 6.20 Å². The van der Waals surface area contributed by atoms with E-state index in [4.69, 9.17) is 11.6 Å². The van der Waals surface area contributed by atoms with Crippen LogP contribution in [0.4, 0.5) is 11.8 Å². The van der Waals surface area contributed by atoms with Crippen LogP contribution in [0.5, 0.6) is 0 Å². The topological polar surface area (TPSA) is 61.3 Å². The van der Waals surface area contributed by atoms with Crippen LogP contribution in [-0.2, 0) is 0 Å². The molecule has 0 saturated heterocycles. The molecule has 1 aromatic heterocycles. The number of nitrogens with one attached hydrogen (secondary N) is 1. The molecular formula is C14H23ClN4O. The second kappa shape index (κ2) is 7.09. The summed E-state index contributed by atoms with van der Waals surface area (Å²) in [5, 5.41) is 13.8. The van der Waals surface area contributed by atoms with Gasteiger partial charge >= 0.3 is 0 Å². The summed E-state index contributed by atoms with van der Waals surface area (Å²) in [5.74, 6) is 1.27. The molecule has 0 bridgehead atoms. The molecule has 1 saturated carbocycles. The number of rotatable bonds is 5. The van der Waals surface area contributed by atoms with E-state index in [1.165, 1.54) is 0 Å². The molecule has 0 amide bonds. The number of hydrogen-bond donors (Lipinski definition) is 2. The highest BCUT2D eigenvalue weighted by Crippen LogP contribution is 2.30. The lowest BCUT2D eigenvalue weighted by atomic mass is 9.91. The van der Waals surface area contributed by atoms with Crippen molar-refractivity contribution >= 4 is 23.4 Å². The van der Waals surface area contributed by atoms with Crippen LogP contribution in [0.2, 0.25) is 5.02 Å². The van der Waals surface area contributed by atoms with Crippen molar-refractivity contribution in [2.45, 2.75) is 51.2 Å². The molecule has 0 aromatic carbocycles. The van der Waals surface area contributed by atoms with E-state index >= 15 is 0 Å². The predicted molar refractivity (Wildman–Crippen MR) is 82.5 cm³/mol. The number of likely N-dealkylation sites (N-methyl/N-ethyl adjacent to an activating group) is 1. The van der Waals surface area contributed by atoms with Gasteiger partial charge in [-0.3, -0.25) is 0 Å². The summed E-state index contributed by atoms with van der Waals surface area (Å²) in [4.78, 5) is 10.7. The molecule has 6 heteroatoms. The lowest BCUT2D eigenvalue weighted by Gasteiger charge is -2.36. The van der Waals surface area contributed by atoms with E-state index in [1.54, 1.807) is 6.20 Å². The average Bonchev–Trinajstić information content (AvgIpc) is 2.46. The van der Waals surface area contributed by atoms with Crippen LogP contribution in [0.1, 0.15) is 39.0 Å². The molecule has 20 heavy (non-hydrogen) atoms. The predicted octanol–water partition coefficient (Wildman–Crippen LogP) is 2.69. The standard InChI is InChI=1S/C14H23ClN4O/c1-3-8-16-14-17-9-10(15)13(18-14)19(2)11-6-4-5-7-12(11)20/h9,11-12,20H,3-8H2,1-2H3,(H,16,17,18). The van der Waals surface area contributed by atoms with Crippen molar-refractivity contribution in [3.05, 3.63) is 11.2 Å². The van der Waals surface area contributed by atoms with Gasteiger partial charge in [0.1, 0.15) is 5.02 Å². The minimum absolute atomic E-state index is 0.0789. The van der Waals surface area contributed by atoms with Crippen molar-refractivity contribution in [3.8, 4) is 0 Å². The first-order chi connectivity index (χ1) is 9.63. The molecule has 2 rings (SSSR count). The second-order valence-corrected chi connectivity index (χ2v) is 5.73. The fourth-order valence-corrected chi connectivity index (χ4v) is 2.85. The van der Waals surface area contributed by atoms with E-state index in [0.717, 1.165) is 38.6 Å². The number of hydrogen-bond acceptors (Lipinski definition) is 5. The zero-order valence-corrected chi connectivity index (χ0v) is 12.9. The number of aromatic nitrogens is 2. The van der Waals surface area contributed by atoms with Gasteiger partial charge in [0.2, 0.25) is 5.95 Å². The zero-order chi connectivity index (χ0) is 14.5. The van der Waals surface area contributed by atoms with Gasteiger partial charge in [-0.1, -0.05) is 31.4 Å². The number of nitrogens with zero attached hydrogens (tertiary/aromatic N) is 3. The van der Waals surface area contributed by atoms with Gasteiger partial charge in [-0.25, -0.2) is 4.98 Å². The van der Waals surface area contributed by atoms with Crippen molar-refractivity contribution in [2.75, 3.05) is 23.8 Å². The lowest BCUT2D eigenvalue weighted by Crippen LogP contribution is -2.44. The summed E-state index contributed by atoms with van der Waals surface area (Å²) in [7, 11) is 1.94.